The van der Waals surface area contributed by atoms with E-state index in [-0.39, 0.29) is 0 Å². The molecule has 1 N–H and O–H groups in total. The first kappa shape index (κ1) is 11.5. The Hall–Kier alpha value is -1.03. The molecule has 0 spiro atoms. The molecule has 0 bridgehead atoms. The van der Waals surface area contributed by atoms with Crippen molar-refractivity contribution >= 4 is 5.95 Å². The number of imidazole rings is 1. The van der Waals surface area contributed by atoms with Crippen LogP contribution in [0.25, 0.3) is 0 Å². The third-order valence-corrected chi connectivity index (χ3v) is 3.43. The minimum atomic E-state index is 0.618. The first-order valence-corrected chi connectivity index (χ1v) is 6.08. The van der Waals surface area contributed by atoms with Gasteiger partial charge in [0, 0.05) is 32.1 Å². The second-order valence-electron chi connectivity index (χ2n) is 4.55. The fourth-order valence-electron chi connectivity index (χ4n) is 2.52. The van der Waals surface area contributed by atoms with Crippen molar-refractivity contribution in [1.82, 2.24) is 9.55 Å². The molecule has 1 saturated carbocycles. The van der Waals surface area contributed by atoms with E-state index in [4.69, 9.17) is 4.74 Å². The number of methoxy groups -OCH3 is 1. The summed E-state index contributed by atoms with van der Waals surface area (Å²) < 4.78 is 7.31. The minimum absolute atomic E-state index is 0.618. The highest BCUT2D eigenvalue weighted by atomic mass is 16.5. The first-order valence-electron chi connectivity index (χ1n) is 6.08. The Balaban J connectivity index is 2.00. The molecule has 1 fully saturated rings. The zero-order valence-corrected chi connectivity index (χ0v) is 10.1. The molecule has 16 heavy (non-hydrogen) atoms. The van der Waals surface area contributed by atoms with Crippen molar-refractivity contribution < 1.29 is 4.74 Å². The molecule has 2 unspecified atom stereocenters. The monoisotopic (exact) mass is 223 g/mol. The van der Waals surface area contributed by atoms with Gasteiger partial charge >= 0.3 is 0 Å². The molecule has 1 aromatic heterocycles. The van der Waals surface area contributed by atoms with E-state index >= 15 is 0 Å². The molecule has 0 aliphatic heterocycles. The Bertz CT molecular complexity index is 324. The first-order chi connectivity index (χ1) is 7.83. The number of hydrogen-bond donors (Lipinski definition) is 1. The van der Waals surface area contributed by atoms with Gasteiger partial charge in [-0.15, -0.1) is 0 Å². The summed E-state index contributed by atoms with van der Waals surface area (Å²) in [5.41, 5.74) is 0. The van der Waals surface area contributed by atoms with Crippen molar-refractivity contribution in [3.8, 4) is 0 Å². The molecule has 1 aliphatic rings. The predicted octanol–water partition coefficient (Wildman–Crippen LogP) is 2.30. The van der Waals surface area contributed by atoms with Gasteiger partial charge in [0.05, 0.1) is 6.61 Å². The van der Waals surface area contributed by atoms with Gasteiger partial charge in [0.1, 0.15) is 0 Å². The Kier molecular flexibility index (Phi) is 3.83. The average molecular weight is 223 g/mol. The maximum absolute atomic E-state index is 5.03. The molecule has 0 amide bonds. The molecule has 2 atom stereocenters. The lowest BCUT2D eigenvalue weighted by molar-refractivity contribution is 0.210. The van der Waals surface area contributed by atoms with Gasteiger partial charge in [-0.3, -0.25) is 0 Å². The molecule has 4 heteroatoms. The maximum Gasteiger partial charge on any atom is 0.203 e. The van der Waals surface area contributed by atoms with Crippen LogP contribution in [0.4, 0.5) is 5.95 Å². The normalized spacial score (nSPS) is 24.9. The summed E-state index contributed by atoms with van der Waals surface area (Å²) in [6, 6.07) is 0.618. The Morgan fingerprint density at radius 3 is 3.12 bits per heavy atom. The van der Waals surface area contributed by atoms with Crippen molar-refractivity contribution in [1.29, 1.82) is 0 Å². The molecule has 4 nitrogen and oxygen atoms in total. The van der Waals surface area contributed by atoms with E-state index in [2.05, 4.69) is 28.0 Å². The number of hydrogen-bond acceptors (Lipinski definition) is 3. The van der Waals surface area contributed by atoms with Crippen LogP contribution in [0.3, 0.4) is 0 Å². The van der Waals surface area contributed by atoms with Gasteiger partial charge < -0.3 is 14.6 Å². The van der Waals surface area contributed by atoms with E-state index < -0.39 is 0 Å². The number of anilines is 1. The molecule has 0 saturated heterocycles. The SMILES string of the molecule is COCCNc1nccn1C1CCCC1C. The van der Waals surface area contributed by atoms with E-state index in [1.807, 2.05) is 6.20 Å². The zero-order valence-electron chi connectivity index (χ0n) is 10.1. The van der Waals surface area contributed by atoms with Crippen LogP contribution in [0.1, 0.15) is 32.2 Å². The van der Waals surface area contributed by atoms with Crippen molar-refractivity contribution in [2.24, 2.45) is 5.92 Å². The standard InChI is InChI=1S/C12H21N3O/c1-10-4-3-5-11(10)15-8-6-13-12(15)14-7-9-16-2/h6,8,10-11H,3-5,7,9H2,1-2H3,(H,13,14). The number of nitrogens with zero attached hydrogens (tertiary/aromatic N) is 2. The molecule has 1 aliphatic carbocycles. The summed E-state index contributed by atoms with van der Waals surface area (Å²) in [5.74, 6) is 1.74. The topological polar surface area (TPSA) is 39.1 Å². The lowest BCUT2D eigenvalue weighted by atomic mass is 10.1. The average Bonchev–Trinajstić information content (AvgIpc) is 2.87. The van der Waals surface area contributed by atoms with Gasteiger partial charge in [-0.25, -0.2) is 4.98 Å². The number of nitrogens with one attached hydrogen (secondary N) is 1. The van der Waals surface area contributed by atoms with Crippen LogP contribution in [0, 0.1) is 5.92 Å². The summed E-state index contributed by atoms with van der Waals surface area (Å²) in [4.78, 5) is 4.36. The van der Waals surface area contributed by atoms with E-state index in [9.17, 15) is 0 Å². The zero-order chi connectivity index (χ0) is 11.4. The van der Waals surface area contributed by atoms with Crippen LogP contribution >= 0.6 is 0 Å². The van der Waals surface area contributed by atoms with Crippen molar-refractivity contribution in [3.63, 3.8) is 0 Å². The predicted molar refractivity (Wildman–Crippen MR) is 64.6 cm³/mol. The Morgan fingerprint density at radius 2 is 2.44 bits per heavy atom. The van der Waals surface area contributed by atoms with Gasteiger partial charge in [0.15, 0.2) is 0 Å². The smallest absolute Gasteiger partial charge is 0.203 e. The highest BCUT2D eigenvalue weighted by Crippen LogP contribution is 2.36. The van der Waals surface area contributed by atoms with E-state index in [1.54, 1.807) is 7.11 Å². The Morgan fingerprint density at radius 1 is 1.56 bits per heavy atom. The second kappa shape index (κ2) is 5.34. The number of rotatable bonds is 5. The van der Waals surface area contributed by atoms with Crippen LogP contribution < -0.4 is 5.32 Å². The Labute approximate surface area is 97.0 Å². The fraction of sp³-hybridized carbons (Fsp3) is 0.750. The quantitative estimate of drug-likeness (QED) is 0.778. The molecule has 90 valence electrons. The summed E-state index contributed by atoms with van der Waals surface area (Å²) >= 11 is 0. The summed E-state index contributed by atoms with van der Waals surface area (Å²) in [7, 11) is 1.72. The molecule has 1 heterocycles. The van der Waals surface area contributed by atoms with Crippen molar-refractivity contribution in [2.75, 3.05) is 25.6 Å². The highest BCUT2D eigenvalue weighted by molar-refractivity contribution is 5.27. The van der Waals surface area contributed by atoms with Crippen LogP contribution in [0.15, 0.2) is 12.4 Å². The van der Waals surface area contributed by atoms with E-state index in [0.717, 1.165) is 18.4 Å². The van der Waals surface area contributed by atoms with Crippen LogP contribution in [-0.2, 0) is 4.74 Å². The fourth-order valence-corrected chi connectivity index (χ4v) is 2.52. The molecular weight excluding hydrogens is 202 g/mol. The number of ether oxygens (including phenoxy) is 1. The largest absolute Gasteiger partial charge is 0.383 e. The van der Waals surface area contributed by atoms with Gasteiger partial charge in [0.25, 0.3) is 0 Å². The van der Waals surface area contributed by atoms with E-state index in [0.29, 0.717) is 12.6 Å². The van der Waals surface area contributed by atoms with E-state index in [1.165, 1.54) is 19.3 Å². The summed E-state index contributed by atoms with van der Waals surface area (Å²) in [6.45, 7) is 3.86. The van der Waals surface area contributed by atoms with Gasteiger partial charge in [-0.1, -0.05) is 13.3 Å². The molecule has 0 aromatic carbocycles. The van der Waals surface area contributed by atoms with Gasteiger partial charge in [-0.2, -0.15) is 0 Å². The molecule has 0 radical (unpaired) electrons. The highest BCUT2D eigenvalue weighted by Gasteiger charge is 2.26. The minimum Gasteiger partial charge on any atom is -0.383 e. The lowest BCUT2D eigenvalue weighted by Gasteiger charge is -2.20. The molecule has 2 rings (SSSR count). The second-order valence-corrected chi connectivity index (χ2v) is 4.55. The third-order valence-electron chi connectivity index (χ3n) is 3.43. The molecular formula is C12H21N3O. The summed E-state index contributed by atoms with van der Waals surface area (Å²) in [6.07, 6.45) is 7.90. The number of aromatic nitrogens is 2. The van der Waals surface area contributed by atoms with Crippen LogP contribution in [-0.4, -0.2) is 29.8 Å². The van der Waals surface area contributed by atoms with Gasteiger partial charge in [0.2, 0.25) is 5.95 Å². The van der Waals surface area contributed by atoms with Gasteiger partial charge in [-0.05, 0) is 18.8 Å². The maximum atomic E-state index is 5.03. The summed E-state index contributed by atoms with van der Waals surface area (Å²) in [5, 5.41) is 3.32. The lowest BCUT2D eigenvalue weighted by Crippen LogP contribution is -2.17. The van der Waals surface area contributed by atoms with Crippen LogP contribution in [0.2, 0.25) is 0 Å². The molecule has 1 aromatic rings. The third kappa shape index (κ3) is 2.38. The van der Waals surface area contributed by atoms with Crippen molar-refractivity contribution in [3.05, 3.63) is 12.4 Å². The van der Waals surface area contributed by atoms with Crippen LogP contribution in [0.5, 0.6) is 0 Å². The van der Waals surface area contributed by atoms with Crippen molar-refractivity contribution in [2.45, 2.75) is 32.2 Å².